The van der Waals surface area contributed by atoms with Gasteiger partial charge in [-0.3, -0.25) is 0 Å². The van der Waals surface area contributed by atoms with E-state index in [9.17, 15) is 14.7 Å². The van der Waals surface area contributed by atoms with Crippen LogP contribution in [0.5, 0.6) is 11.6 Å². The highest BCUT2D eigenvalue weighted by Crippen LogP contribution is 2.36. The number of nitrogens with one attached hydrogen (secondary N) is 2. The van der Waals surface area contributed by atoms with Crippen molar-refractivity contribution in [1.82, 2.24) is 4.98 Å². The van der Waals surface area contributed by atoms with Crippen LogP contribution in [0.3, 0.4) is 0 Å². The number of nitrogens with zero attached hydrogens (tertiary/aromatic N) is 1. The van der Waals surface area contributed by atoms with Gasteiger partial charge in [-0.15, -0.1) is 0 Å². The van der Waals surface area contributed by atoms with Crippen molar-refractivity contribution in [3.05, 3.63) is 77.0 Å². The van der Waals surface area contributed by atoms with Crippen LogP contribution >= 0.6 is 0 Å². The SMILES string of the molecule is Cc1cc(NC(=O)Nc2ccc(C(C)(C)C)cc2)c(Oc2ccccc2C(C)(C)C)nc1C(=O)O. The average molecular weight is 476 g/mol. The first-order valence-electron chi connectivity index (χ1n) is 11.5. The molecule has 0 saturated carbocycles. The summed E-state index contributed by atoms with van der Waals surface area (Å²) in [5.74, 6) is -0.636. The lowest BCUT2D eigenvalue weighted by molar-refractivity contribution is 0.0688. The van der Waals surface area contributed by atoms with E-state index in [1.54, 1.807) is 19.1 Å². The maximum Gasteiger partial charge on any atom is 0.354 e. The molecule has 0 fully saturated rings. The third-order valence-corrected chi connectivity index (χ3v) is 5.54. The fraction of sp³-hybridized carbons (Fsp3) is 0.321. The summed E-state index contributed by atoms with van der Waals surface area (Å²) < 4.78 is 6.10. The Kier molecular flexibility index (Phi) is 7.19. The zero-order chi connectivity index (χ0) is 26.0. The largest absolute Gasteiger partial charge is 0.477 e. The summed E-state index contributed by atoms with van der Waals surface area (Å²) in [6, 6.07) is 16.2. The topological polar surface area (TPSA) is 101 Å². The van der Waals surface area contributed by atoms with E-state index in [1.807, 2.05) is 42.5 Å². The van der Waals surface area contributed by atoms with E-state index >= 15 is 0 Å². The number of aromatic nitrogens is 1. The van der Waals surface area contributed by atoms with Crippen molar-refractivity contribution in [2.24, 2.45) is 0 Å². The van der Waals surface area contributed by atoms with Gasteiger partial charge in [-0.25, -0.2) is 14.6 Å². The van der Waals surface area contributed by atoms with Crippen molar-refractivity contribution in [3.8, 4) is 11.6 Å². The predicted molar refractivity (Wildman–Crippen MR) is 139 cm³/mol. The number of carbonyl (C=O) groups is 2. The zero-order valence-corrected chi connectivity index (χ0v) is 21.3. The van der Waals surface area contributed by atoms with Gasteiger partial charge < -0.3 is 20.5 Å². The van der Waals surface area contributed by atoms with Gasteiger partial charge >= 0.3 is 12.0 Å². The Bertz CT molecular complexity index is 1240. The number of carboxylic acid groups (broad SMARTS) is 1. The third kappa shape index (κ3) is 6.38. The fourth-order valence-corrected chi connectivity index (χ4v) is 3.60. The van der Waals surface area contributed by atoms with Gasteiger partial charge in [0, 0.05) is 11.3 Å². The van der Waals surface area contributed by atoms with Crippen LogP contribution in [0.15, 0.2) is 54.6 Å². The number of carbonyl (C=O) groups excluding carboxylic acids is 1. The maximum atomic E-state index is 12.8. The van der Waals surface area contributed by atoms with Gasteiger partial charge in [0.2, 0.25) is 5.88 Å². The molecule has 1 aromatic heterocycles. The van der Waals surface area contributed by atoms with Gasteiger partial charge in [-0.05, 0) is 53.1 Å². The van der Waals surface area contributed by atoms with Crippen molar-refractivity contribution in [2.75, 3.05) is 10.6 Å². The Morgan fingerprint density at radius 2 is 1.51 bits per heavy atom. The molecule has 184 valence electrons. The number of benzene rings is 2. The van der Waals surface area contributed by atoms with E-state index in [2.05, 4.69) is 57.2 Å². The van der Waals surface area contributed by atoms with Gasteiger partial charge in [-0.1, -0.05) is 71.9 Å². The second-order valence-corrected chi connectivity index (χ2v) is 10.6. The highest BCUT2D eigenvalue weighted by Gasteiger charge is 2.22. The number of urea groups is 1. The number of aryl methyl sites for hydroxylation is 1. The standard InChI is InChI=1S/C28H33N3O4/c1-17-16-21(30-26(34)29-19-14-12-18(13-15-19)27(2,3)4)24(31-23(17)25(32)33)35-22-11-9-8-10-20(22)28(5,6)7/h8-16H,1-7H3,(H,32,33)(H2,29,30,34). The summed E-state index contributed by atoms with van der Waals surface area (Å²) in [4.78, 5) is 28.7. The van der Waals surface area contributed by atoms with Crippen molar-refractivity contribution in [1.29, 1.82) is 0 Å². The smallest absolute Gasteiger partial charge is 0.354 e. The van der Waals surface area contributed by atoms with Gasteiger partial charge in [0.15, 0.2) is 5.69 Å². The second-order valence-electron chi connectivity index (χ2n) is 10.6. The normalized spacial score (nSPS) is 11.6. The van der Waals surface area contributed by atoms with Gasteiger partial charge in [0.05, 0.1) is 0 Å². The quantitative estimate of drug-likeness (QED) is 0.365. The highest BCUT2D eigenvalue weighted by atomic mass is 16.5. The summed E-state index contributed by atoms with van der Waals surface area (Å²) in [6.45, 7) is 14.2. The van der Waals surface area contributed by atoms with Crippen LogP contribution in [0.4, 0.5) is 16.2 Å². The van der Waals surface area contributed by atoms with Crippen molar-refractivity contribution in [3.63, 3.8) is 0 Å². The molecule has 3 aromatic rings. The van der Waals surface area contributed by atoms with Crippen molar-refractivity contribution >= 4 is 23.4 Å². The Balaban J connectivity index is 1.91. The average Bonchev–Trinajstić information content (AvgIpc) is 2.74. The minimum absolute atomic E-state index is 0.00271. The summed E-state index contributed by atoms with van der Waals surface area (Å²) in [7, 11) is 0. The van der Waals surface area contributed by atoms with Crippen molar-refractivity contribution in [2.45, 2.75) is 59.3 Å². The number of ether oxygens (including phenoxy) is 1. The second kappa shape index (κ2) is 9.78. The van der Waals surface area contributed by atoms with Crippen LogP contribution in [-0.4, -0.2) is 22.1 Å². The van der Waals surface area contributed by atoms with Crippen LogP contribution < -0.4 is 15.4 Å². The van der Waals surface area contributed by atoms with E-state index < -0.39 is 12.0 Å². The van der Waals surface area contributed by atoms with E-state index in [-0.39, 0.29) is 28.1 Å². The van der Waals surface area contributed by atoms with Crippen LogP contribution in [0.1, 0.15) is 68.7 Å². The first kappa shape index (κ1) is 25.7. The van der Waals surface area contributed by atoms with Gasteiger partial charge in [0.1, 0.15) is 11.4 Å². The molecule has 3 rings (SSSR count). The number of rotatable bonds is 5. The molecule has 1 heterocycles. The van der Waals surface area contributed by atoms with E-state index in [0.717, 1.165) is 11.1 Å². The van der Waals surface area contributed by atoms with Gasteiger partial charge in [0.25, 0.3) is 0 Å². The van der Waals surface area contributed by atoms with Crippen LogP contribution in [0, 0.1) is 6.92 Å². The van der Waals surface area contributed by atoms with Gasteiger partial charge in [-0.2, -0.15) is 0 Å². The number of hydrogen-bond donors (Lipinski definition) is 3. The molecule has 0 unspecified atom stereocenters. The predicted octanol–water partition coefficient (Wildman–Crippen LogP) is 7.12. The molecule has 0 atom stereocenters. The molecular weight excluding hydrogens is 442 g/mol. The molecule has 7 heteroatoms. The summed E-state index contributed by atoms with van der Waals surface area (Å²) in [6.07, 6.45) is 0. The number of para-hydroxylation sites is 1. The number of carboxylic acids is 1. The molecule has 0 aliphatic rings. The Morgan fingerprint density at radius 3 is 2.09 bits per heavy atom. The number of pyridine rings is 1. The third-order valence-electron chi connectivity index (χ3n) is 5.54. The molecule has 0 bridgehead atoms. The van der Waals surface area contributed by atoms with E-state index in [1.165, 1.54) is 0 Å². The molecule has 0 aliphatic heterocycles. The maximum absolute atomic E-state index is 12.8. The highest BCUT2D eigenvalue weighted by molar-refractivity contribution is 6.01. The summed E-state index contributed by atoms with van der Waals surface area (Å²) >= 11 is 0. The van der Waals surface area contributed by atoms with E-state index in [0.29, 0.717) is 17.0 Å². The first-order chi connectivity index (χ1) is 16.3. The molecule has 2 aromatic carbocycles. The van der Waals surface area contributed by atoms with E-state index in [4.69, 9.17) is 4.74 Å². The monoisotopic (exact) mass is 475 g/mol. The minimum Gasteiger partial charge on any atom is -0.477 e. The molecule has 2 amide bonds. The molecule has 35 heavy (non-hydrogen) atoms. The van der Waals surface area contributed by atoms with Crippen LogP contribution in [0.25, 0.3) is 0 Å². The summed E-state index contributed by atoms with van der Waals surface area (Å²) in [5.41, 5.74) is 3.01. The van der Waals surface area contributed by atoms with Crippen LogP contribution in [-0.2, 0) is 10.8 Å². The minimum atomic E-state index is -1.17. The molecule has 3 N–H and O–H groups in total. The lowest BCUT2D eigenvalue weighted by Gasteiger charge is -2.23. The lowest BCUT2D eigenvalue weighted by atomic mass is 9.86. The lowest BCUT2D eigenvalue weighted by Crippen LogP contribution is -2.21. The number of amides is 2. The molecule has 0 aliphatic carbocycles. The molecule has 7 nitrogen and oxygen atoms in total. The fourth-order valence-electron chi connectivity index (χ4n) is 3.60. The number of anilines is 2. The molecule has 0 radical (unpaired) electrons. The van der Waals surface area contributed by atoms with Crippen molar-refractivity contribution < 1.29 is 19.4 Å². The zero-order valence-electron chi connectivity index (χ0n) is 21.3. The summed E-state index contributed by atoms with van der Waals surface area (Å²) in [5, 5.41) is 15.1. The first-order valence-corrected chi connectivity index (χ1v) is 11.5. The number of hydrogen-bond acceptors (Lipinski definition) is 4. The molecular formula is C28H33N3O4. The number of aromatic carboxylic acids is 1. The molecule has 0 spiro atoms. The Labute approximate surface area is 206 Å². The van der Waals surface area contributed by atoms with Crippen LogP contribution in [0.2, 0.25) is 0 Å². The Morgan fingerprint density at radius 1 is 0.886 bits per heavy atom. The molecule has 0 saturated heterocycles. The Hall–Kier alpha value is -3.87.